The maximum atomic E-state index is 11.4. The lowest BCUT2D eigenvalue weighted by molar-refractivity contribution is -0.144. The molecule has 0 bridgehead atoms. The highest BCUT2D eigenvalue weighted by Crippen LogP contribution is 2.17. The minimum absolute atomic E-state index is 0.188. The van der Waals surface area contributed by atoms with Crippen LogP contribution < -0.4 is 4.74 Å². The Labute approximate surface area is 122 Å². The van der Waals surface area contributed by atoms with Crippen molar-refractivity contribution in [2.45, 2.75) is 13.8 Å². The number of hydrogen-bond acceptors (Lipinski definition) is 4. The molecule has 0 amide bonds. The number of carbonyl (C=O) groups is 1. The van der Waals surface area contributed by atoms with Crippen molar-refractivity contribution in [3.63, 3.8) is 0 Å². The number of esters is 1. The van der Waals surface area contributed by atoms with Gasteiger partial charge in [-0.25, -0.2) is 0 Å². The van der Waals surface area contributed by atoms with E-state index >= 15 is 0 Å². The third-order valence-corrected chi connectivity index (χ3v) is 3.07. The van der Waals surface area contributed by atoms with Crippen LogP contribution in [0.15, 0.2) is 28.7 Å². The second-order valence-electron chi connectivity index (χ2n) is 3.98. The molecule has 1 aromatic carbocycles. The summed E-state index contributed by atoms with van der Waals surface area (Å²) in [4.78, 5) is 13.4. The van der Waals surface area contributed by atoms with Crippen LogP contribution in [-0.4, -0.2) is 43.7 Å². The second kappa shape index (κ2) is 8.93. The first-order valence-electron chi connectivity index (χ1n) is 6.42. The number of rotatable bonds is 8. The van der Waals surface area contributed by atoms with Gasteiger partial charge in [0, 0.05) is 11.0 Å². The van der Waals surface area contributed by atoms with Crippen molar-refractivity contribution in [1.82, 2.24) is 4.90 Å². The van der Waals surface area contributed by atoms with Crippen LogP contribution in [0.25, 0.3) is 0 Å². The molecule has 0 fully saturated rings. The van der Waals surface area contributed by atoms with Gasteiger partial charge >= 0.3 is 5.97 Å². The molecule has 19 heavy (non-hydrogen) atoms. The summed E-state index contributed by atoms with van der Waals surface area (Å²) in [7, 11) is 0. The average Bonchev–Trinajstić information content (AvgIpc) is 2.38. The minimum Gasteiger partial charge on any atom is -0.492 e. The highest BCUT2D eigenvalue weighted by molar-refractivity contribution is 9.10. The Bertz CT molecular complexity index is 398. The molecule has 0 heterocycles. The molecule has 0 aromatic heterocycles. The number of nitrogens with zero attached hydrogens (tertiary/aromatic N) is 1. The van der Waals surface area contributed by atoms with E-state index in [1.807, 2.05) is 43.0 Å². The lowest BCUT2D eigenvalue weighted by Gasteiger charge is -2.19. The zero-order valence-corrected chi connectivity index (χ0v) is 13.0. The Morgan fingerprint density at radius 1 is 1.37 bits per heavy atom. The molecule has 0 aliphatic heterocycles. The Morgan fingerprint density at radius 3 is 2.79 bits per heavy atom. The van der Waals surface area contributed by atoms with Crippen LogP contribution in [0.3, 0.4) is 0 Å². The molecular formula is C14H20BrNO3. The first-order valence-corrected chi connectivity index (χ1v) is 7.21. The molecule has 0 aliphatic rings. The summed E-state index contributed by atoms with van der Waals surface area (Å²) in [6, 6.07) is 7.70. The van der Waals surface area contributed by atoms with Crippen LogP contribution >= 0.6 is 15.9 Å². The molecular weight excluding hydrogens is 310 g/mol. The molecule has 0 N–H and O–H groups in total. The quantitative estimate of drug-likeness (QED) is 0.687. The van der Waals surface area contributed by atoms with Gasteiger partial charge in [0.2, 0.25) is 0 Å². The average molecular weight is 330 g/mol. The van der Waals surface area contributed by atoms with E-state index < -0.39 is 0 Å². The zero-order chi connectivity index (χ0) is 14.1. The topological polar surface area (TPSA) is 38.8 Å². The van der Waals surface area contributed by atoms with Gasteiger partial charge in [0.25, 0.3) is 0 Å². The van der Waals surface area contributed by atoms with Gasteiger partial charge in [-0.2, -0.15) is 0 Å². The van der Waals surface area contributed by atoms with E-state index in [1.54, 1.807) is 0 Å². The van der Waals surface area contributed by atoms with Crippen molar-refractivity contribution < 1.29 is 14.3 Å². The smallest absolute Gasteiger partial charge is 0.320 e. The van der Waals surface area contributed by atoms with Crippen molar-refractivity contribution in [1.29, 1.82) is 0 Å². The molecule has 1 rings (SSSR count). The van der Waals surface area contributed by atoms with Gasteiger partial charge in [0.15, 0.2) is 0 Å². The predicted octanol–water partition coefficient (Wildman–Crippen LogP) is 2.71. The second-order valence-corrected chi connectivity index (χ2v) is 4.90. The monoisotopic (exact) mass is 329 g/mol. The Morgan fingerprint density at radius 2 is 2.16 bits per heavy atom. The van der Waals surface area contributed by atoms with Gasteiger partial charge in [0.1, 0.15) is 12.4 Å². The van der Waals surface area contributed by atoms with Crippen LogP contribution in [0.1, 0.15) is 13.8 Å². The lowest BCUT2D eigenvalue weighted by atomic mass is 10.3. The van der Waals surface area contributed by atoms with E-state index in [1.165, 1.54) is 0 Å². The fraction of sp³-hybridized carbons (Fsp3) is 0.500. The summed E-state index contributed by atoms with van der Waals surface area (Å²) in [5, 5.41) is 0. The zero-order valence-electron chi connectivity index (χ0n) is 11.4. The van der Waals surface area contributed by atoms with Gasteiger partial charge in [-0.05, 0) is 31.7 Å². The highest BCUT2D eigenvalue weighted by atomic mass is 79.9. The van der Waals surface area contributed by atoms with Crippen molar-refractivity contribution in [2.75, 3.05) is 32.8 Å². The molecule has 1 aromatic rings. The van der Waals surface area contributed by atoms with E-state index in [2.05, 4.69) is 15.9 Å². The standard InChI is InChI=1S/C14H20BrNO3/c1-3-16(11-14(17)18-4-2)8-9-19-13-7-5-6-12(15)10-13/h5-7,10H,3-4,8-9,11H2,1-2H3. The molecule has 0 unspecified atom stereocenters. The maximum Gasteiger partial charge on any atom is 0.320 e. The lowest BCUT2D eigenvalue weighted by Crippen LogP contribution is -2.34. The summed E-state index contributed by atoms with van der Waals surface area (Å²) >= 11 is 3.40. The third kappa shape index (κ3) is 6.59. The van der Waals surface area contributed by atoms with Crippen LogP contribution in [-0.2, 0) is 9.53 Å². The van der Waals surface area contributed by atoms with Gasteiger partial charge < -0.3 is 9.47 Å². The number of likely N-dealkylation sites (N-methyl/N-ethyl adjacent to an activating group) is 1. The molecule has 0 saturated carbocycles. The third-order valence-electron chi connectivity index (χ3n) is 2.58. The summed E-state index contributed by atoms with van der Waals surface area (Å²) in [6.07, 6.45) is 0. The van der Waals surface area contributed by atoms with Crippen molar-refractivity contribution in [3.8, 4) is 5.75 Å². The molecule has 0 radical (unpaired) electrons. The Hall–Kier alpha value is -1.07. The van der Waals surface area contributed by atoms with Gasteiger partial charge in [-0.15, -0.1) is 0 Å². The van der Waals surface area contributed by atoms with E-state index in [4.69, 9.17) is 9.47 Å². The number of carbonyl (C=O) groups excluding carboxylic acids is 1. The molecule has 106 valence electrons. The minimum atomic E-state index is -0.188. The van der Waals surface area contributed by atoms with Crippen LogP contribution in [0, 0.1) is 0 Å². The molecule has 5 heteroatoms. The molecule has 0 aliphatic carbocycles. The van der Waals surface area contributed by atoms with Gasteiger partial charge in [-0.3, -0.25) is 9.69 Å². The summed E-state index contributed by atoms with van der Waals surface area (Å²) in [5.41, 5.74) is 0. The maximum absolute atomic E-state index is 11.4. The van der Waals surface area contributed by atoms with E-state index in [0.717, 1.165) is 16.8 Å². The Balaban J connectivity index is 2.31. The normalized spacial score (nSPS) is 10.5. The molecule has 0 spiro atoms. The first-order chi connectivity index (χ1) is 9.15. The van der Waals surface area contributed by atoms with Crippen LogP contribution in [0.4, 0.5) is 0 Å². The van der Waals surface area contributed by atoms with Crippen molar-refractivity contribution in [2.24, 2.45) is 0 Å². The number of hydrogen-bond donors (Lipinski definition) is 0. The Kier molecular flexibility index (Phi) is 7.52. The van der Waals surface area contributed by atoms with Gasteiger partial charge in [-0.1, -0.05) is 28.9 Å². The SMILES string of the molecule is CCOC(=O)CN(CC)CCOc1cccc(Br)c1. The van der Waals surface area contributed by atoms with Gasteiger partial charge in [0.05, 0.1) is 13.2 Å². The first kappa shape index (κ1) is 16.0. The van der Waals surface area contributed by atoms with Crippen LogP contribution in [0.2, 0.25) is 0 Å². The number of benzene rings is 1. The fourth-order valence-corrected chi connectivity index (χ4v) is 1.97. The van der Waals surface area contributed by atoms with Crippen LogP contribution in [0.5, 0.6) is 5.75 Å². The summed E-state index contributed by atoms with van der Waals surface area (Å²) < 4.78 is 11.6. The number of halogens is 1. The highest BCUT2D eigenvalue weighted by Gasteiger charge is 2.09. The van der Waals surface area contributed by atoms with E-state index in [0.29, 0.717) is 26.3 Å². The molecule has 0 saturated heterocycles. The fourth-order valence-electron chi connectivity index (χ4n) is 1.59. The molecule has 4 nitrogen and oxygen atoms in total. The summed E-state index contributed by atoms with van der Waals surface area (Å²) in [5.74, 6) is 0.633. The van der Waals surface area contributed by atoms with E-state index in [9.17, 15) is 4.79 Å². The molecule has 0 atom stereocenters. The number of ether oxygens (including phenoxy) is 2. The van der Waals surface area contributed by atoms with E-state index in [-0.39, 0.29) is 5.97 Å². The van der Waals surface area contributed by atoms with Crippen molar-refractivity contribution in [3.05, 3.63) is 28.7 Å². The predicted molar refractivity (Wildman–Crippen MR) is 78.4 cm³/mol. The van der Waals surface area contributed by atoms with Crippen molar-refractivity contribution >= 4 is 21.9 Å². The summed E-state index contributed by atoms with van der Waals surface area (Å²) in [6.45, 7) is 6.59. The largest absolute Gasteiger partial charge is 0.492 e.